The van der Waals surface area contributed by atoms with Crippen LogP contribution in [-0.4, -0.2) is 16.9 Å². The minimum Gasteiger partial charge on any atom is -0.508 e. The van der Waals surface area contributed by atoms with Crippen molar-refractivity contribution in [3.8, 4) is 11.8 Å². The van der Waals surface area contributed by atoms with Crippen molar-refractivity contribution in [1.29, 1.82) is 5.26 Å². The van der Waals surface area contributed by atoms with Gasteiger partial charge in [0.15, 0.2) is 0 Å². The molecule has 7 heteroatoms. The maximum absolute atomic E-state index is 12.3. The van der Waals surface area contributed by atoms with Crippen molar-refractivity contribution in [2.45, 2.75) is 13.8 Å². The minimum absolute atomic E-state index is 0.0947. The van der Waals surface area contributed by atoms with Gasteiger partial charge in [-0.15, -0.1) is 0 Å². The van der Waals surface area contributed by atoms with Gasteiger partial charge < -0.3 is 21.1 Å². The highest BCUT2D eigenvalue weighted by atomic mass is 16.3. The molecular formula is C19H18N4O3. The molecule has 0 aliphatic rings. The Kier molecular flexibility index (Phi) is 5.96. The van der Waals surface area contributed by atoms with Crippen LogP contribution in [0.3, 0.4) is 0 Å². The lowest BCUT2D eigenvalue weighted by molar-refractivity contribution is -0.114. The Labute approximate surface area is 151 Å². The van der Waals surface area contributed by atoms with Gasteiger partial charge in [-0.25, -0.2) is 0 Å². The molecule has 0 aliphatic heterocycles. The number of anilines is 3. The molecule has 0 atom stereocenters. The van der Waals surface area contributed by atoms with Crippen molar-refractivity contribution in [2.24, 2.45) is 0 Å². The van der Waals surface area contributed by atoms with Gasteiger partial charge in [0.25, 0.3) is 5.91 Å². The second-order valence-corrected chi connectivity index (χ2v) is 5.53. The third-order valence-corrected chi connectivity index (χ3v) is 3.39. The number of phenolic OH excluding ortho intramolecular Hbond substituents is 1. The van der Waals surface area contributed by atoms with Gasteiger partial charge in [-0.1, -0.05) is 6.07 Å². The van der Waals surface area contributed by atoms with Crippen LogP contribution >= 0.6 is 0 Å². The van der Waals surface area contributed by atoms with Crippen molar-refractivity contribution in [1.82, 2.24) is 0 Å². The van der Waals surface area contributed by atoms with Crippen LogP contribution < -0.4 is 16.0 Å². The number of aromatic hydroxyl groups is 1. The van der Waals surface area contributed by atoms with Gasteiger partial charge in [-0.3, -0.25) is 9.59 Å². The Morgan fingerprint density at radius 1 is 1.12 bits per heavy atom. The van der Waals surface area contributed by atoms with Crippen molar-refractivity contribution in [3.63, 3.8) is 0 Å². The van der Waals surface area contributed by atoms with Crippen LogP contribution in [0, 0.1) is 18.3 Å². The predicted octanol–water partition coefficient (Wildman–Crippen LogP) is 3.12. The first-order chi connectivity index (χ1) is 12.4. The van der Waals surface area contributed by atoms with Gasteiger partial charge in [-0.2, -0.15) is 5.26 Å². The number of hydrogen-bond donors (Lipinski definition) is 4. The average molecular weight is 350 g/mol. The highest BCUT2D eigenvalue weighted by Crippen LogP contribution is 2.21. The van der Waals surface area contributed by atoms with E-state index in [9.17, 15) is 20.0 Å². The Bertz CT molecular complexity index is 913. The van der Waals surface area contributed by atoms with E-state index in [0.29, 0.717) is 22.6 Å². The maximum Gasteiger partial charge on any atom is 0.267 e. The molecule has 2 aromatic carbocycles. The van der Waals surface area contributed by atoms with Gasteiger partial charge in [-0.05, 0) is 48.9 Å². The Morgan fingerprint density at radius 3 is 2.50 bits per heavy atom. The molecular weight excluding hydrogens is 332 g/mol. The lowest BCUT2D eigenvalue weighted by Gasteiger charge is -2.09. The molecule has 0 spiro atoms. The monoisotopic (exact) mass is 350 g/mol. The minimum atomic E-state index is -0.577. The van der Waals surface area contributed by atoms with E-state index in [1.54, 1.807) is 37.3 Å². The zero-order valence-electron chi connectivity index (χ0n) is 14.3. The number of amides is 2. The van der Waals surface area contributed by atoms with E-state index in [4.69, 9.17) is 0 Å². The summed E-state index contributed by atoms with van der Waals surface area (Å²) < 4.78 is 0. The van der Waals surface area contributed by atoms with E-state index in [1.165, 1.54) is 25.3 Å². The Hall–Kier alpha value is -3.79. The lowest BCUT2D eigenvalue weighted by Crippen LogP contribution is -2.15. The highest BCUT2D eigenvalue weighted by molar-refractivity contribution is 6.07. The highest BCUT2D eigenvalue weighted by Gasteiger charge is 2.11. The molecule has 2 aromatic rings. The molecule has 7 nitrogen and oxygen atoms in total. The summed E-state index contributed by atoms with van der Waals surface area (Å²) in [6.45, 7) is 3.14. The average Bonchev–Trinajstić information content (AvgIpc) is 2.58. The first kappa shape index (κ1) is 18.5. The van der Waals surface area contributed by atoms with Crippen LogP contribution in [0.25, 0.3) is 0 Å². The molecule has 0 bridgehead atoms. The van der Waals surface area contributed by atoms with Crippen LogP contribution in [0.15, 0.2) is 54.2 Å². The number of phenols is 1. The standard InChI is InChI=1S/C19H18N4O3/c1-12-8-17(25)6-7-18(12)23-19(26)14(10-20)11-21-15-4-3-5-16(9-15)22-13(2)24/h3-9,11,21,25H,1-2H3,(H,22,24)(H,23,26)/b14-11-. The summed E-state index contributed by atoms with van der Waals surface area (Å²) in [5.41, 5.74) is 2.26. The van der Waals surface area contributed by atoms with Crippen LogP contribution in [0.1, 0.15) is 12.5 Å². The number of nitrogens with zero attached hydrogens (tertiary/aromatic N) is 1. The van der Waals surface area contributed by atoms with Crippen molar-refractivity contribution < 1.29 is 14.7 Å². The first-order valence-corrected chi connectivity index (χ1v) is 7.74. The summed E-state index contributed by atoms with van der Waals surface area (Å²) in [5.74, 6) is -0.678. The Morgan fingerprint density at radius 2 is 1.85 bits per heavy atom. The van der Waals surface area contributed by atoms with E-state index in [0.717, 1.165) is 0 Å². The van der Waals surface area contributed by atoms with Gasteiger partial charge in [0.2, 0.25) is 5.91 Å². The molecule has 0 unspecified atom stereocenters. The number of carbonyl (C=O) groups excluding carboxylic acids is 2. The second-order valence-electron chi connectivity index (χ2n) is 5.53. The Balaban J connectivity index is 2.11. The second kappa shape index (κ2) is 8.35. The molecule has 2 rings (SSSR count). The van der Waals surface area contributed by atoms with Gasteiger partial charge in [0, 0.05) is 30.2 Å². The molecule has 0 radical (unpaired) electrons. The fraction of sp³-hybridized carbons (Fsp3) is 0.105. The fourth-order valence-electron chi connectivity index (χ4n) is 2.17. The molecule has 2 amide bonds. The number of nitriles is 1. The summed E-state index contributed by atoms with van der Waals surface area (Å²) in [6.07, 6.45) is 1.29. The summed E-state index contributed by atoms with van der Waals surface area (Å²) in [6, 6.07) is 13.2. The number of rotatable bonds is 5. The quantitative estimate of drug-likeness (QED) is 0.376. The summed E-state index contributed by atoms with van der Waals surface area (Å²) in [4.78, 5) is 23.3. The van der Waals surface area contributed by atoms with Crippen LogP contribution in [-0.2, 0) is 9.59 Å². The van der Waals surface area contributed by atoms with Crippen molar-refractivity contribution >= 4 is 28.9 Å². The molecule has 0 aliphatic carbocycles. The number of benzene rings is 2. The molecule has 0 heterocycles. The van der Waals surface area contributed by atoms with Crippen LogP contribution in [0.4, 0.5) is 17.1 Å². The molecule has 26 heavy (non-hydrogen) atoms. The number of aryl methyl sites for hydroxylation is 1. The first-order valence-electron chi connectivity index (χ1n) is 7.74. The van der Waals surface area contributed by atoms with Gasteiger partial charge >= 0.3 is 0 Å². The topological polar surface area (TPSA) is 114 Å². The largest absolute Gasteiger partial charge is 0.508 e. The summed E-state index contributed by atoms with van der Waals surface area (Å²) >= 11 is 0. The molecule has 0 aromatic heterocycles. The lowest BCUT2D eigenvalue weighted by atomic mass is 10.2. The van der Waals surface area contributed by atoms with E-state index >= 15 is 0 Å². The SMILES string of the molecule is CC(=O)Nc1cccc(N/C=C(/C#N)C(=O)Nc2ccc(O)cc2C)c1. The van der Waals surface area contributed by atoms with E-state index in [1.807, 2.05) is 6.07 Å². The molecule has 4 N–H and O–H groups in total. The molecule has 132 valence electrons. The van der Waals surface area contributed by atoms with Crippen molar-refractivity contribution in [3.05, 3.63) is 59.8 Å². The van der Waals surface area contributed by atoms with Gasteiger partial charge in [0.1, 0.15) is 17.4 Å². The number of carbonyl (C=O) groups is 2. The zero-order valence-corrected chi connectivity index (χ0v) is 14.3. The molecule has 0 fully saturated rings. The van der Waals surface area contributed by atoms with E-state index in [2.05, 4.69) is 16.0 Å². The summed E-state index contributed by atoms with van der Waals surface area (Å²) in [5, 5.41) is 26.8. The predicted molar refractivity (Wildman–Crippen MR) is 99.5 cm³/mol. The third-order valence-electron chi connectivity index (χ3n) is 3.39. The number of hydrogen-bond acceptors (Lipinski definition) is 5. The molecule has 0 saturated carbocycles. The van der Waals surface area contributed by atoms with E-state index < -0.39 is 5.91 Å². The zero-order chi connectivity index (χ0) is 19.1. The normalized spacial score (nSPS) is 10.6. The molecule has 0 saturated heterocycles. The van der Waals surface area contributed by atoms with Crippen LogP contribution in [0.2, 0.25) is 0 Å². The van der Waals surface area contributed by atoms with Gasteiger partial charge in [0.05, 0.1) is 0 Å². The van der Waals surface area contributed by atoms with Crippen molar-refractivity contribution in [2.75, 3.05) is 16.0 Å². The maximum atomic E-state index is 12.3. The summed E-state index contributed by atoms with van der Waals surface area (Å²) in [7, 11) is 0. The fourth-order valence-corrected chi connectivity index (χ4v) is 2.17. The smallest absolute Gasteiger partial charge is 0.267 e. The van der Waals surface area contributed by atoms with E-state index in [-0.39, 0.29) is 17.2 Å². The van der Waals surface area contributed by atoms with Crippen LogP contribution in [0.5, 0.6) is 5.75 Å². The third kappa shape index (κ3) is 5.11. The number of nitrogens with one attached hydrogen (secondary N) is 3.